The van der Waals surface area contributed by atoms with Crippen LogP contribution < -0.4 is 0 Å². The first-order valence-corrected chi connectivity index (χ1v) is 8.62. The standard InChI is InChI=1S/2C7H5ClO2.C5H12O2/c2*8-6-3-1-5(2-4-6)7(9)10;1-4(6)3-5(2)7/h2*1-4H,(H,9,10);4-7H,3H2,1-2H3. The van der Waals surface area contributed by atoms with Crippen molar-refractivity contribution in [1.29, 1.82) is 0 Å². The lowest BCUT2D eigenvalue weighted by molar-refractivity contribution is 0.0686. The number of carboxylic acid groups (broad SMARTS) is 2. The van der Waals surface area contributed by atoms with Gasteiger partial charge in [0.15, 0.2) is 0 Å². The smallest absolute Gasteiger partial charge is 0.335 e. The summed E-state index contributed by atoms with van der Waals surface area (Å²) in [6, 6.07) is 12.0. The first-order valence-electron chi connectivity index (χ1n) is 7.86. The molecule has 0 saturated heterocycles. The van der Waals surface area contributed by atoms with Gasteiger partial charge in [0.05, 0.1) is 23.3 Å². The van der Waals surface area contributed by atoms with Crippen LogP contribution in [-0.4, -0.2) is 44.6 Å². The molecule has 0 aliphatic heterocycles. The fourth-order valence-electron chi connectivity index (χ4n) is 1.68. The van der Waals surface area contributed by atoms with Crippen molar-refractivity contribution in [1.82, 2.24) is 0 Å². The average molecular weight is 417 g/mol. The molecule has 0 fully saturated rings. The molecule has 148 valence electrons. The molecule has 0 bridgehead atoms. The normalized spacial score (nSPS) is 11.8. The van der Waals surface area contributed by atoms with Crippen LogP contribution in [0.3, 0.4) is 0 Å². The lowest BCUT2D eigenvalue weighted by atomic mass is 10.2. The fourth-order valence-corrected chi connectivity index (χ4v) is 1.93. The lowest BCUT2D eigenvalue weighted by Gasteiger charge is -2.04. The van der Waals surface area contributed by atoms with Crippen molar-refractivity contribution >= 4 is 35.1 Å². The predicted molar refractivity (Wildman–Crippen MR) is 105 cm³/mol. The van der Waals surface area contributed by atoms with Gasteiger partial charge >= 0.3 is 11.9 Å². The average Bonchev–Trinajstić information content (AvgIpc) is 2.55. The van der Waals surface area contributed by atoms with Gasteiger partial charge < -0.3 is 20.4 Å². The Morgan fingerprint density at radius 1 is 0.741 bits per heavy atom. The minimum absolute atomic E-state index is 0.254. The molecule has 0 radical (unpaired) electrons. The molecule has 0 saturated carbocycles. The number of carbonyl (C=O) groups is 2. The Morgan fingerprint density at radius 3 is 1.15 bits per heavy atom. The van der Waals surface area contributed by atoms with Gasteiger partial charge in [0.1, 0.15) is 0 Å². The van der Waals surface area contributed by atoms with Gasteiger partial charge in [-0.25, -0.2) is 9.59 Å². The van der Waals surface area contributed by atoms with E-state index < -0.39 is 11.9 Å². The first kappa shape index (κ1) is 24.9. The zero-order valence-corrected chi connectivity index (χ0v) is 16.4. The second-order valence-corrected chi connectivity index (χ2v) is 6.43. The Morgan fingerprint density at radius 2 is 1.00 bits per heavy atom. The number of aromatic carboxylic acids is 2. The number of carboxylic acids is 2. The van der Waals surface area contributed by atoms with E-state index in [-0.39, 0.29) is 23.3 Å². The first-order chi connectivity index (χ1) is 12.5. The molecule has 2 atom stereocenters. The van der Waals surface area contributed by atoms with Crippen molar-refractivity contribution in [3.63, 3.8) is 0 Å². The van der Waals surface area contributed by atoms with Crippen LogP contribution >= 0.6 is 23.2 Å². The summed E-state index contributed by atoms with van der Waals surface area (Å²) < 4.78 is 0. The van der Waals surface area contributed by atoms with E-state index in [4.69, 9.17) is 43.6 Å². The van der Waals surface area contributed by atoms with Crippen LogP contribution in [-0.2, 0) is 0 Å². The van der Waals surface area contributed by atoms with E-state index in [2.05, 4.69) is 0 Å². The molecule has 8 heteroatoms. The number of halogens is 2. The molecule has 0 heterocycles. The third-order valence-corrected chi connectivity index (χ3v) is 3.37. The molecule has 2 rings (SSSR count). The van der Waals surface area contributed by atoms with Gasteiger partial charge in [-0.3, -0.25) is 0 Å². The number of hydrogen-bond acceptors (Lipinski definition) is 4. The number of benzene rings is 2. The number of aliphatic hydroxyl groups is 2. The largest absolute Gasteiger partial charge is 0.478 e. The second kappa shape index (κ2) is 13.1. The van der Waals surface area contributed by atoms with Crippen LogP contribution in [0.5, 0.6) is 0 Å². The lowest BCUT2D eigenvalue weighted by Crippen LogP contribution is -2.10. The molecule has 2 aromatic carbocycles. The molecule has 6 nitrogen and oxygen atoms in total. The van der Waals surface area contributed by atoms with Crippen LogP contribution in [0.4, 0.5) is 0 Å². The Balaban J connectivity index is 0.000000384. The SMILES string of the molecule is CC(O)CC(C)O.O=C(O)c1ccc(Cl)cc1.O=C(O)c1ccc(Cl)cc1. The summed E-state index contributed by atoms with van der Waals surface area (Å²) >= 11 is 11.0. The quantitative estimate of drug-likeness (QED) is 0.592. The summed E-state index contributed by atoms with van der Waals surface area (Å²) in [5.74, 6) is -1.87. The summed E-state index contributed by atoms with van der Waals surface area (Å²) in [6.45, 7) is 3.32. The van der Waals surface area contributed by atoms with Crippen molar-refractivity contribution < 1.29 is 30.0 Å². The molecule has 2 unspecified atom stereocenters. The highest BCUT2D eigenvalue weighted by Crippen LogP contribution is 2.09. The molecule has 4 N–H and O–H groups in total. The molecule has 27 heavy (non-hydrogen) atoms. The van der Waals surface area contributed by atoms with E-state index in [0.29, 0.717) is 16.5 Å². The maximum absolute atomic E-state index is 10.3. The van der Waals surface area contributed by atoms with Crippen molar-refractivity contribution in [2.75, 3.05) is 0 Å². The van der Waals surface area contributed by atoms with E-state index in [1.54, 1.807) is 38.1 Å². The Labute approximate surface area is 167 Å². The maximum Gasteiger partial charge on any atom is 0.335 e. The highest BCUT2D eigenvalue weighted by Gasteiger charge is 2.00. The van der Waals surface area contributed by atoms with Crippen molar-refractivity contribution in [3.05, 3.63) is 69.7 Å². The molecule has 0 aromatic heterocycles. The van der Waals surface area contributed by atoms with Crippen molar-refractivity contribution in [3.8, 4) is 0 Å². The molecule has 0 aliphatic rings. The van der Waals surface area contributed by atoms with Crippen LogP contribution in [0.25, 0.3) is 0 Å². The summed E-state index contributed by atoms with van der Waals surface area (Å²) in [5.41, 5.74) is 0.508. The number of hydrogen-bond donors (Lipinski definition) is 4. The van der Waals surface area contributed by atoms with E-state index in [1.165, 1.54) is 24.3 Å². The molecule has 0 aliphatic carbocycles. The van der Waals surface area contributed by atoms with Crippen molar-refractivity contribution in [2.24, 2.45) is 0 Å². The molecular weight excluding hydrogens is 395 g/mol. The zero-order valence-electron chi connectivity index (χ0n) is 14.8. The van der Waals surface area contributed by atoms with Gasteiger partial charge in [-0.2, -0.15) is 0 Å². The molecular formula is C19H22Cl2O6. The summed E-state index contributed by atoms with van der Waals surface area (Å²) in [7, 11) is 0. The number of rotatable bonds is 4. The third kappa shape index (κ3) is 12.8. The van der Waals surface area contributed by atoms with Crippen molar-refractivity contribution in [2.45, 2.75) is 32.5 Å². The summed E-state index contributed by atoms with van der Waals surface area (Å²) in [5, 5.41) is 35.1. The fraction of sp³-hybridized carbons (Fsp3) is 0.263. The molecule has 0 spiro atoms. The van der Waals surface area contributed by atoms with Gasteiger partial charge in [0.2, 0.25) is 0 Å². The van der Waals surface area contributed by atoms with Crippen LogP contribution in [0.2, 0.25) is 10.0 Å². The van der Waals surface area contributed by atoms with Crippen LogP contribution in [0.1, 0.15) is 41.0 Å². The highest BCUT2D eigenvalue weighted by molar-refractivity contribution is 6.30. The topological polar surface area (TPSA) is 115 Å². The second-order valence-electron chi connectivity index (χ2n) is 5.56. The zero-order chi connectivity index (χ0) is 21.0. The minimum atomic E-state index is -0.934. The number of aliphatic hydroxyl groups excluding tert-OH is 2. The minimum Gasteiger partial charge on any atom is -0.478 e. The summed E-state index contributed by atoms with van der Waals surface area (Å²) in [4.78, 5) is 20.5. The van der Waals surface area contributed by atoms with Gasteiger partial charge in [-0.15, -0.1) is 0 Å². The molecule has 0 amide bonds. The summed E-state index contributed by atoms with van der Waals surface area (Å²) in [6.07, 6.45) is -0.278. The van der Waals surface area contributed by atoms with E-state index in [9.17, 15) is 9.59 Å². The molecule has 2 aromatic rings. The Kier molecular flexibility index (Phi) is 12.1. The maximum atomic E-state index is 10.3. The Bertz CT molecular complexity index is 636. The Hall–Kier alpha value is -2.12. The van der Waals surface area contributed by atoms with Crippen LogP contribution in [0.15, 0.2) is 48.5 Å². The van der Waals surface area contributed by atoms with Gasteiger partial charge in [0.25, 0.3) is 0 Å². The van der Waals surface area contributed by atoms with Gasteiger partial charge in [-0.1, -0.05) is 23.2 Å². The highest BCUT2D eigenvalue weighted by atomic mass is 35.5. The van der Waals surface area contributed by atoms with Gasteiger partial charge in [-0.05, 0) is 68.8 Å². The van der Waals surface area contributed by atoms with E-state index in [0.717, 1.165) is 0 Å². The van der Waals surface area contributed by atoms with E-state index in [1.807, 2.05) is 0 Å². The predicted octanol–water partition coefficient (Wildman–Crippen LogP) is 4.21. The monoisotopic (exact) mass is 416 g/mol. The van der Waals surface area contributed by atoms with Crippen LogP contribution in [0, 0.1) is 0 Å². The van der Waals surface area contributed by atoms with Gasteiger partial charge in [0, 0.05) is 10.0 Å². The third-order valence-electron chi connectivity index (χ3n) is 2.86. The van der Waals surface area contributed by atoms with E-state index >= 15 is 0 Å².